The molecule has 0 atom stereocenters. The molecule has 138 valence electrons. The molecule has 0 unspecified atom stereocenters. The number of nitrogens with zero attached hydrogens (tertiary/aromatic N) is 2. The highest BCUT2D eigenvalue weighted by Gasteiger charge is 2.29. The predicted octanol–water partition coefficient (Wildman–Crippen LogP) is 2.92. The van der Waals surface area contributed by atoms with Crippen molar-refractivity contribution in [1.29, 1.82) is 5.26 Å². The van der Waals surface area contributed by atoms with Crippen molar-refractivity contribution in [3.05, 3.63) is 41.1 Å². The average Bonchev–Trinajstić information content (AvgIpc) is 2.65. The minimum atomic E-state index is -0.312. The minimum absolute atomic E-state index is 0.0560. The lowest BCUT2D eigenvalue weighted by Crippen LogP contribution is -2.41. The third-order valence-electron chi connectivity index (χ3n) is 4.73. The average molecular weight is 355 g/mol. The van der Waals surface area contributed by atoms with Gasteiger partial charge in [-0.2, -0.15) is 5.26 Å². The van der Waals surface area contributed by atoms with E-state index in [0.29, 0.717) is 32.5 Å². The summed E-state index contributed by atoms with van der Waals surface area (Å²) in [5.41, 5.74) is 3.13. The maximum atomic E-state index is 12.6. The Labute approximate surface area is 154 Å². The van der Waals surface area contributed by atoms with Crippen LogP contribution in [0.1, 0.15) is 30.9 Å². The molecule has 1 N–H and O–H groups in total. The Balaban J connectivity index is 2.00. The van der Waals surface area contributed by atoms with E-state index in [1.54, 1.807) is 11.8 Å². The van der Waals surface area contributed by atoms with E-state index >= 15 is 0 Å². The summed E-state index contributed by atoms with van der Waals surface area (Å²) in [6.45, 7) is 7.04. The molecule has 1 aliphatic heterocycles. The smallest absolute Gasteiger partial charge is 0.309 e. The van der Waals surface area contributed by atoms with Gasteiger partial charge in [-0.05, 0) is 50.8 Å². The van der Waals surface area contributed by atoms with Gasteiger partial charge in [0.15, 0.2) is 0 Å². The van der Waals surface area contributed by atoms with Crippen LogP contribution in [0.4, 0.5) is 5.69 Å². The van der Waals surface area contributed by atoms with Crippen molar-refractivity contribution >= 4 is 17.6 Å². The molecule has 2 rings (SSSR count). The van der Waals surface area contributed by atoms with E-state index in [9.17, 15) is 14.9 Å². The molecule has 1 aliphatic rings. The number of aryl methyl sites for hydroxylation is 1. The van der Waals surface area contributed by atoms with E-state index in [2.05, 4.69) is 5.32 Å². The fourth-order valence-electron chi connectivity index (χ4n) is 2.95. The molecule has 1 saturated heterocycles. The van der Waals surface area contributed by atoms with E-state index in [1.165, 1.54) is 6.20 Å². The van der Waals surface area contributed by atoms with Gasteiger partial charge in [-0.1, -0.05) is 12.1 Å². The third-order valence-corrected chi connectivity index (χ3v) is 4.73. The third kappa shape index (κ3) is 4.63. The second-order valence-electron chi connectivity index (χ2n) is 6.38. The summed E-state index contributed by atoms with van der Waals surface area (Å²) in [5.74, 6) is -0.679. The number of carbonyl (C=O) groups excluding carboxylic acids is 2. The van der Waals surface area contributed by atoms with Crippen LogP contribution in [0.15, 0.2) is 30.0 Å². The molecule has 0 spiro atoms. The standard InChI is InChI=1S/C20H25N3O3/c1-4-26-20(25)16-8-10-23(11-9-16)19(24)17(12-21)13-22-18-7-5-6-14(2)15(18)3/h5-7,13,16,22H,4,8-11H2,1-3H3/b17-13-. The highest BCUT2D eigenvalue weighted by molar-refractivity contribution is 5.97. The number of benzene rings is 1. The maximum absolute atomic E-state index is 12.6. The first-order valence-corrected chi connectivity index (χ1v) is 8.86. The van der Waals surface area contributed by atoms with Gasteiger partial charge < -0.3 is 15.0 Å². The number of anilines is 1. The quantitative estimate of drug-likeness (QED) is 0.499. The molecule has 0 aromatic heterocycles. The maximum Gasteiger partial charge on any atom is 0.309 e. The summed E-state index contributed by atoms with van der Waals surface area (Å²) in [4.78, 5) is 26.0. The zero-order valence-corrected chi connectivity index (χ0v) is 15.5. The number of piperidine rings is 1. The van der Waals surface area contributed by atoms with E-state index < -0.39 is 0 Å². The lowest BCUT2D eigenvalue weighted by Gasteiger charge is -2.30. The number of esters is 1. The largest absolute Gasteiger partial charge is 0.466 e. The summed E-state index contributed by atoms with van der Waals surface area (Å²) in [7, 11) is 0. The Morgan fingerprint density at radius 2 is 2.04 bits per heavy atom. The minimum Gasteiger partial charge on any atom is -0.466 e. The molecule has 1 heterocycles. The Kier molecular flexibility index (Phi) is 6.79. The summed E-state index contributed by atoms with van der Waals surface area (Å²) in [6.07, 6.45) is 2.59. The van der Waals surface area contributed by atoms with Crippen LogP contribution >= 0.6 is 0 Å². The normalized spacial score (nSPS) is 15.3. The van der Waals surface area contributed by atoms with E-state index in [1.807, 2.05) is 38.1 Å². The van der Waals surface area contributed by atoms with E-state index in [0.717, 1.165) is 16.8 Å². The molecule has 0 saturated carbocycles. The SMILES string of the molecule is CCOC(=O)C1CCN(C(=O)/C(C#N)=C\Nc2cccc(C)c2C)CC1. The highest BCUT2D eigenvalue weighted by Crippen LogP contribution is 2.21. The summed E-state index contributed by atoms with van der Waals surface area (Å²) in [5, 5.41) is 12.4. The Hall–Kier alpha value is -2.81. The zero-order chi connectivity index (χ0) is 19.1. The van der Waals surface area contributed by atoms with E-state index in [-0.39, 0.29) is 23.4 Å². The monoisotopic (exact) mass is 355 g/mol. The second kappa shape index (κ2) is 9.04. The zero-order valence-electron chi connectivity index (χ0n) is 15.5. The topological polar surface area (TPSA) is 82.4 Å². The first-order chi connectivity index (χ1) is 12.5. The van der Waals surface area contributed by atoms with Crippen LogP contribution in [0, 0.1) is 31.1 Å². The molecule has 1 aromatic rings. The van der Waals surface area contributed by atoms with Gasteiger partial charge in [0, 0.05) is 25.0 Å². The molecule has 1 aromatic carbocycles. The molecule has 0 radical (unpaired) electrons. The fourth-order valence-corrected chi connectivity index (χ4v) is 2.95. The van der Waals surface area contributed by atoms with Crippen molar-refractivity contribution in [2.45, 2.75) is 33.6 Å². The van der Waals surface area contributed by atoms with Crippen LogP contribution < -0.4 is 5.32 Å². The number of likely N-dealkylation sites (tertiary alicyclic amines) is 1. The van der Waals surface area contributed by atoms with Crippen molar-refractivity contribution in [3.8, 4) is 6.07 Å². The van der Waals surface area contributed by atoms with Crippen molar-refractivity contribution < 1.29 is 14.3 Å². The Morgan fingerprint density at radius 1 is 1.35 bits per heavy atom. The van der Waals surface area contributed by atoms with Gasteiger partial charge in [-0.15, -0.1) is 0 Å². The number of nitriles is 1. The molecule has 1 amide bonds. The Bertz CT molecular complexity index is 741. The van der Waals surface area contributed by atoms with Crippen LogP contribution in [-0.4, -0.2) is 36.5 Å². The summed E-state index contributed by atoms with van der Waals surface area (Å²) >= 11 is 0. The molecule has 6 nitrogen and oxygen atoms in total. The number of carbonyl (C=O) groups is 2. The number of amides is 1. The summed E-state index contributed by atoms with van der Waals surface area (Å²) in [6, 6.07) is 7.81. The number of rotatable bonds is 5. The summed E-state index contributed by atoms with van der Waals surface area (Å²) < 4.78 is 5.04. The molecule has 1 fully saturated rings. The number of ether oxygens (including phenoxy) is 1. The van der Waals surface area contributed by atoms with Gasteiger partial charge in [-0.3, -0.25) is 9.59 Å². The molecule has 26 heavy (non-hydrogen) atoms. The number of hydrogen-bond acceptors (Lipinski definition) is 5. The lowest BCUT2D eigenvalue weighted by molar-refractivity contribution is -0.150. The Morgan fingerprint density at radius 3 is 2.65 bits per heavy atom. The van der Waals surface area contributed by atoms with Crippen molar-refractivity contribution in [2.24, 2.45) is 5.92 Å². The van der Waals surface area contributed by atoms with Gasteiger partial charge in [0.05, 0.1) is 12.5 Å². The number of hydrogen-bond donors (Lipinski definition) is 1. The highest BCUT2D eigenvalue weighted by atomic mass is 16.5. The lowest BCUT2D eigenvalue weighted by atomic mass is 9.96. The van der Waals surface area contributed by atoms with Crippen LogP contribution in [0.3, 0.4) is 0 Å². The first-order valence-electron chi connectivity index (χ1n) is 8.86. The predicted molar refractivity (Wildman–Crippen MR) is 99.2 cm³/mol. The van der Waals surface area contributed by atoms with Gasteiger partial charge in [0.25, 0.3) is 5.91 Å². The molecule has 6 heteroatoms. The van der Waals surface area contributed by atoms with Crippen molar-refractivity contribution in [2.75, 3.05) is 25.0 Å². The molecular formula is C20H25N3O3. The first kappa shape index (κ1) is 19.5. The van der Waals surface area contributed by atoms with Gasteiger partial charge in [0.2, 0.25) is 0 Å². The second-order valence-corrected chi connectivity index (χ2v) is 6.38. The van der Waals surface area contributed by atoms with Crippen molar-refractivity contribution in [3.63, 3.8) is 0 Å². The van der Waals surface area contributed by atoms with Crippen molar-refractivity contribution in [1.82, 2.24) is 4.90 Å². The van der Waals surface area contributed by atoms with Gasteiger partial charge in [-0.25, -0.2) is 0 Å². The number of nitrogens with one attached hydrogen (secondary N) is 1. The molecular weight excluding hydrogens is 330 g/mol. The van der Waals surface area contributed by atoms with Gasteiger partial charge >= 0.3 is 5.97 Å². The van der Waals surface area contributed by atoms with Crippen LogP contribution in [-0.2, 0) is 14.3 Å². The van der Waals surface area contributed by atoms with Crippen LogP contribution in [0.25, 0.3) is 0 Å². The van der Waals surface area contributed by atoms with E-state index in [4.69, 9.17) is 4.74 Å². The molecule has 0 bridgehead atoms. The van der Waals surface area contributed by atoms with Crippen LogP contribution in [0.5, 0.6) is 0 Å². The fraction of sp³-hybridized carbons (Fsp3) is 0.450. The molecule has 0 aliphatic carbocycles. The van der Waals surface area contributed by atoms with Crippen LogP contribution in [0.2, 0.25) is 0 Å². The van der Waals surface area contributed by atoms with Gasteiger partial charge in [0.1, 0.15) is 11.6 Å².